The van der Waals surface area contributed by atoms with E-state index in [0.29, 0.717) is 6.54 Å². The predicted octanol–water partition coefficient (Wildman–Crippen LogP) is 1.76. The van der Waals surface area contributed by atoms with Gasteiger partial charge in [0.2, 0.25) is 5.91 Å². The molecular formula is C13H11N3O. The van der Waals surface area contributed by atoms with Gasteiger partial charge in [0.05, 0.1) is 11.6 Å². The largest absolute Gasteiger partial charge is 0.351 e. The normalized spacial score (nSPS) is 9.82. The van der Waals surface area contributed by atoms with Gasteiger partial charge in [-0.1, -0.05) is 24.3 Å². The maximum Gasteiger partial charge on any atom is 0.234 e. The number of hydrogen-bond donors (Lipinski definition) is 1. The molecule has 0 fully saturated rings. The highest BCUT2D eigenvalue weighted by Crippen LogP contribution is 2.15. The van der Waals surface area contributed by atoms with Gasteiger partial charge in [-0.05, 0) is 11.6 Å². The van der Waals surface area contributed by atoms with Gasteiger partial charge in [-0.25, -0.2) is 0 Å². The maximum absolute atomic E-state index is 11.2. The zero-order chi connectivity index (χ0) is 12.1. The summed E-state index contributed by atoms with van der Waals surface area (Å²) in [6.45, 7) is 0.398. The number of benzene rings is 1. The lowest BCUT2D eigenvalue weighted by molar-refractivity contribution is -0.120. The summed E-state index contributed by atoms with van der Waals surface area (Å²) < 4.78 is 0. The zero-order valence-electron chi connectivity index (χ0n) is 9.18. The molecule has 0 atom stereocenters. The van der Waals surface area contributed by atoms with Gasteiger partial charge in [-0.3, -0.25) is 9.78 Å². The number of para-hydroxylation sites is 1. The van der Waals surface area contributed by atoms with Crippen molar-refractivity contribution in [1.82, 2.24) is 10.3 Å². The third-order valence-electron chi connectivity index (χ3n) is 2.43. The lowest BCUT2D eigenvalue weighted by Gasteiger charge is -2.06. The van der Waals surface area contributed by atoms with Crippen LogP contribution in [0.3, 0.4) is 0 Å². The molecular weight excluding hydrogens is 214 g/mol. The first-order valence-corrected chi connectivity index (χ1v) is 5.27. The molecule has 0 aliphatic carbocycles. The first kappa shape index (κ1) is 11.1. The Bertz CT molecular complexity index is 581. The average molecular weight is 225 g/mol. The van der Waals surface area contributed by atoms with Crippen LogP contribution in [0.25, 0.3) is 10.9 Å². The molecule has 4 heteroatoms. The first-order valence-electron chi connectivity index (χ1n) is 5.27. The zero-order valence-corrected chi connectivity index (χ0v) is 9.18. The molecule has 0 bridgehead atoms. The minimum atomic E-state index is -0.263. The monoisotopic (exact) mass is 225 g/mol. The van der Waals surface area contributed by atoms with Crippen LogP contribution in [-0.4, -0.2) is 10.9 Å². The summed E-state index contributed by atoms with van der Waals surface area (Å²) in [6.07, 6.45) is 1.61. The lowest BCUT2D eigenvalue weighted by atomic mass is 10.1. The summed E-state index contributed by atoms with van der Waals surface area (Å²) >= 11 is 0. The molecule has 4 nitrogen and oxygen atoms in total. The number of nitrogens with one attached hydrogen (secondary N) is 1. The molecule has 1 aromatic carbocycles. The predicted molar refractivity (Wildman–Crippen MR) is 63.8 cm³/mol. The van der Waals surface area contributed by atoms with Crippen LogP contribution in [0.4, 0.5) is 0 Å². The number of carbonyl (C=O) groups excluding carboxylic acids is 1. The fraction of sp³-hybridized carbons (Fsp3) is 0.154. The number of aromatic nitrogens is 1. The average Bonchev–Trinajstić information content (AvgIpc) is 2.36. The molecule has 1 N–H and O–H groups in total. The highest BCUT2D eigenvalue weighted by atomic mass is 16.1. The van der Waals surface area contributed by atoms with E-state index in [0.717, 1.165) is 16.5 Å². The minimum absolute atomic E-state index is 0.113. The molecule has 0 radical (unpaired) electrons. The van der Waals surface area contributed by atoms with Gasteiger partial charge in [0, 0.05) is 18.1 Å². The Labute approximate surface area is 98.9 Å². The number of amides is 1. The van der Waals surface area contributed by atoms with Crippen molar-refractivity contribution in [1.29, 1.82) is 5.26 Å². The van der Waals surface area contributed by atoms with Crippen LogP contribution in [0, 0.1) is 11.3 Å². The summed E-state index contributed by atoms with van der Waals surface area (Å²) in [5.74, 6) is -0.263. The van der Waals surface area contributed by atoms with E-state index in [4.69, 9.17) is 5.26 Å². The molecule has 0 unspecified atom stereocenters. The molecule has 0 spiro atoms. The van der Waals surface area contributed by atoms with Gasteiger partial charge in [-0.15, -0.1) is 0 Å². The Kier molecular flexibility index (Phi) is 3.31. The van der Waals surface area contributed by atoms with Crippen molar-refractivity contribution in [3.8, 4) is 6.07 Å². The molecule has 0 saturated carbocycles. The lowest BCUT2D eigenvalue weighted by Crippen LogP contribution is -2.22. The summed E-state index contributed by atoms with van der Waals surface area (Å²) in [5, 5.41) is 12.1. The highest BCUT2D eigenvalue weighted by Gasteiger charge is 2.03. The number of carbonyl (C=O) groups is 1. The molecule has 0 aliphatic rings. The van der Waals surface area contributed by atoms with Gasteiger partial charge >= 0.3 is 0 Å². The van der Waals surface area contributed by atoms with E-state index in [9.17, 15) is 4.79 Å². The van der Waals surface area contributed by atoms with E-state index >= 15 is 0 Å². The van der Waals surface area contributed by atoms with Crippen molar-refractivity contribution < 1.29 is 4.79 Å². The third kappa shape index (κ3) is 2.58. The fourth-order valence-corrected chi connectivity index (χ4v) is 1.64. The molecule has 84 valence electrons. The van der Waals surface area contributed by atoms with Gasteiger partial charge in [0.25, 0.3) is 0 Å². The van der Waals surface area contributed by atoms with E-state index in [1.165, 1.54) is 0 Å². The van der Waals surface area contributed by atoms with Gasteiger partial charge in [0.15, 0.2) is 0 Å². The van der Waals surface area contributed by atoms with Crippen LogP contribution in [0.15, 0.2) is 36.5 Å². The molecule has 2 rings (SSSR count). The standard InChI is InChI=1S/C13H11N3O/c14-7-6-12(17)16-9-11-4-1-3-10-5-2-8-15-13(10)11/h1-5,8H,6,9H2,(H,16,17). The summed E-state index contributed by atoms with van der Waals surface area (Å²) in [7, 11) is 0. The highest BCUT2D eigenvalue weighted by molar-refractivity contribution is 5.82. The Hall–Kier alpha value is -2.41. The van der Waals surface area contributed by atoms with Crippen molar-refractivity contribution >= 4 is 16.8 Å². The number of nitrogens with zero attached hydrogens (tertiary/aromatic N) is 2. The molecule has 0 aliphatic heterocycles. The second-order valence-corrected chi connectivity index (χ2v) is 3.60. The second kappa shape index (κ2) is 5.08. The quantitative estimate of drug-likeness (QED) is 0.865. The molecule has 1 amide bonds. The summed E-state index contributed by atoms with van der Waals surface area (Å²) in [6, 6.07) is 11.5. The Balaban J connectivity index is 2.19. The molecule has 17 heavy (non-hydrogen) atoms. The first-order chi connectivity index (χ1) is 8.31. The van der Waals surface area contributed by atoms with E-state index in [2.05, 4.69) is 10.3 Å². The topological polar surface area (TPSA) is 65.8 Å². The van der Waals surface area contributed by atoms with E-state index in [1.54, 1.807) is 6.20 Å². The van der Waals surface area contributed by atoms with Crippen LogP contribution >= 0.6 is 0 Å². The van der Waals surface area contributed by atoms with Crippen LogP contribution in [0.2, 0.25) is 0 Å². The van der Waals surface area contributed by atoms with Crippen molar-refractivity contribution in [3.63, 3.8) is 0 Å². The SMILES string of the molecule is N#CCC(=O)NCc1cccc2cccnc12. The maximum atomic E-state index is 11.2. The van der Waals surface area contributed by atoms with Crippen molar-refractivity contribution in [2.45, 2.75) is 13.0 Å². The molecule has 2 aromatic rings. The molecule has 1 heterocycles. The minimum Gasteiger partial charge on any atom is -0.351 e. The number of fused-ring (bicyclic) bond motifs is 1. The smallest absolute Gasteiger partial charge is 0.234 e. The fourth-order valence-electron chi connectivity index (χ4n) is 1.64. The van der Waals surface area contributed by atoms with E-state index < -0.39 is 0 Å². The van der Waals surface area contributed by atoms with Gasteiger partial charge in [-0.2, -0.15) is 5.26 Å². The van der Waals surface area contributed by atoms with Crippen LogP contribution < -0.4 is 5.32 Å². The third-order valence-corrected chi connectivity index (χ3v) is 2.43. The molecule has 0 saturated heterocycles. The summed E-state index contributed by atoms with van der Waals surface area (Å²) in [4.78, 5) is 15.5. The number of hydrogen-bond acceptors (Lipinski definition) is 3. The van der Waals surface area contributed by atoms with Crippen LogP contribution in [0.5, 0.6) is 0 Å². The number of rotatable bonds is 3. The Morgan fingerprint density at radius 3 is 3.00 bits per heavy atom. The van der Waals surface area contributed by atoms with Crippen molar-refractivity contribution in [2.75, 3.05) is 0 Å². The Morgan fingerprint density at radius 1 is 1.35 bits per heavy atom. The van der Waals surface area contributed by atoms with E-state index in [-0.39, 0.29) is 12.3 Å². The van der Waals surface area contributed by atoms with E-state index in [1.807, 2.05) is 36.4 Å². The number of nitriles is 1. The van der Waals surface area contributed by atoms with Gasteiger partial charge in [0.1, 0.15) is 6.42 Å². The molecule has 1 aromatic heterocycles. The Morgan fingerprint density at radius 2 is 2.18 bits per heavy atom. The van der Waals surface area contributed by atoms with Crippen LogP contribution in [0.1, 0.15) is 12.0 Å². The summed E-state index contributed by atoms with van der Waals surface area (Å²) in [5.41, 5.74) is 1.83. The van der Waals surface area contributed by atoms with Gasteiger partial charge < -0.3 is 5.32 Å². The van der Waals surface area contributed by atoms with Crippen molar-refractivity contribution in [2.24, 2.45) is 0 Å². The van der Waals surface area contributed by atoms with Crippen molar-refractivity contribution in [3.05, 3.63) is 42.1 Å². The van der Waals surface area contributed by atoms with Crippen LogP contribution in [-0.2, 0) is 11.3 Å². The number of pyridine rings is 1. The second-order valence-electron chi connectivity index (χ2n) is 3.60.